The van der Waals surface area contributed by atoms with Crippen LogP contribution in [0, 0.1) is 0 Å². The molecule has 0 aliphatic carbocycles. The number of aryl methyl sites for hydroxylation is 1. The van der Waals surface area contributed by atoms with E-state index >= 15 is 0 Å². The van der Waals surface area contributed by atoms with Crippen molar-refractivity contribution in [2.75, 3.05) is 26.7 Å². The van der Waals surface area contributed by atoms with Gasteiger partial charge >= 0.3 is 0 Å². The van der Waals surface area contributed by atoms with Gasteiger partial charge in [0.1, 0.15) is 4.90 Å². The van der Waals surface area contributed by atoms with Crippen molar-refractivity contribution < 1.29 is 18.0 Å². The SMILES string of the molecule is CN(CCCc1ccc(CN(C=O)OC(C)(C)C)cc1)CCNS(=O)(=O)c1ccc(Cl)c(Cl)c1Cl. The molecule has 194 valence electrons. The molecule has 7 nitrogen and oxygen atoms in total. The van der Waals surface area contributed by atoms with Gasteiger partial charge in [0.25, 0.3) is 0 Å². The van der Waals surface area contributed by atoms with Crippen molar-refractivity contribution in [2.24, 2.45) is 0 Å². The number of rotatable bonds is 13. The highest BCUT2D eigenvalue weighted by Gasteiger charge is 2.21. The van der Waals surface area contributed by atoms with Gasteiger partial charge in [0.15, 0.2) is 0 Å². The number of likely N-dealkylation sites (N-methyl/N-ethyl adjacent to an activating group) is 1. The first kappa shape index (κ1) is 29.8. The molecule has 0 spiro atoms. The highest BCUT2D eigenvalue weighted by Crippen LogP contribution is 2.34. The van der Waals surface area contributed by atoms with Crippen molar-refractivity contribution in [2.45, 2.75) is 50.7 Å². The third-order valence-corrected chi connectivity index (χ3v) is 7.86. The van der Waals surface area contributed by atoms with Gasteiger partial charge in [-0.15, -0.1) is 0 Å². The lowest BCUT2D eigenvalue weighted by atomic mass is 10.1. The molecule has 2 rings (SSSR count). The molecule has 0 aliphatic heterocycles. The van der Waals surface area contributed by atoms with Crippen molar-refractivity contribution >= 4 is 51.2 Å². The van der Waals surface area contributed by atoms with Crippen LogP contribution in [0.2, 0.25) is 15.1 Å². The normalized spacial score (nSPS) is 12.2. The number of hydroxylamine groups is 2. The topological polar surface area (TPSA) is 79.0 Å². The summed E-state index contributed by atoms with van der Waals surface area (Å²) in [5.41, 5.74) is 1.73. The first-order valence-corrected chi connectivity index (χ1v) is 13.7. The molecule has 0 atom stereocenters. The van der Waals surface area contributed by atoms with Crippen molar-refractivity contribution in [1.29, 1.82) is 0 Å². The molecular weight excluding hydrogens is 533 g/mol. The molecular formula is C24H32Cl3N3O4S. The molecule has 0 radical (unpaired) electrons. The molecule has 0 aliphatic rings. The molecule has 1 N–H and O–H groups in total. The Hall–Kier alpha value is -1.39. The molecule has 0 unspecified atom stereocenters. The zero-order valence-corrected chi connectivity index (χ0v) is 23.4. The van der Waals surface area contributed by atoms with E-state index in [0.717, 1.165) is 24.9 Å². The van der Waals surface area contributed by atoms with Crippen molar-refractivity contribution in [1.82, 2.24) is 14.7 Å². The molecule has 1 amide bonds. The molecule has 0 fully saturated rings. The smallest absolute Gasteiger partial charge is 0.242 e. The van der Waals surface area contributed by atoms with Crippen molar-refractivity contribution in [3.63, 3.8) is 0 Å². The second-order valence-electron chi connectivity index (χ2n) is 9.18. The monoisotopic (exact) mass is 563 g/mol. The number of amides is 1. The zero-order valence-electron chi connectivity index (χ0n) is 20.4. The van der Waals surface area contributed by atoms with Crippen molar-refractivity contribution in [3.05, 3.63) is 62.6 Å². The van der Waals surface area contributed by atoms with E-state index in [2.05, 4.69) is 9.62 Å². The standard InChI is InChI=1S/C24H32Cl3N3O4S/c1-24(2,3)34-30(17-31)16-19-9-7-18(8-10-19)6-5-14-29(4)15-13-28-35(32,33)21-12-11-20(25)22(26)23(21)27/h7-12,17,28H,5-6,13-16H2,1-4H3. The fraction of sp³-hybridized carbons (Fsp3) is 0.458. The fourth-order valence-electron chi connectivity index (χ4n) is 3.26. The Morgan fingerprint density at radius 2 is 1.60 bits per heavy atom. The maximum atomic E-state index is 12.5. The maximum absolute atomic E-state index is 12.5. The minimum atomic E-state index is -3.80. The number of halogens is 3. The maximum Gasteiger partial charge on any atom is 0.242 e. The van der Waals surface area contributed by atoms with Gasteiger partial charge in [0.05, 0.1) is 27.2 Å². The van der Waals surface area contributed by atoms with Crippen LogP contribution in [-0.2, 0) is 32.6 Å². The number of benzene rings is 2. The lowest BCUT2D eigenvalue weighted by Crippen LogP contribution is -2.33. The van der Waals surface area contributed by atoms with Gasteiger partial charge in [0, 0.05) is 13.1 Å². The first-order chi connectivity index (χ1) is 16.3. The van der Waals surface area contributed by atoms with E-state index in [1.807, 2.05) is 52.1 Å². The van der Waals surface area contributed by atoms with Crippen LogP contribution in [0.15, 0.2) is 41.3 Å². The average Bonchev–Trinajstić information content (AvgIpc) is 2.77. The lowest BCUT2D eigenvalue weighted by Gasteiger charge is -2.26. The Morgan fingerprint density at radius 1 is 0.971 bits per heavy atom. The minimum Gasteiger partial charge on any atom is -0.305 e. The third-order valence-electron chi connectivity index (χ3n) is 4.95. The van der Waals surface area contributed by atoms with Crippen molar-refractivity contribution in [3.8, 4) is 0 Å². The highest BCUT2D eigenvalue weighted by molar-refractivity contribution is 7.89. The van der Waals surface area contributed by atoms with E-state index in [9.17, 15) is 13.2 Å². The van der Waals surface area contributed by atoms with Gasteiger partial charge in [-0.2, -0.15) is 0 Å². The van der Waals surface area contributed by atoms with Gasteiger partial charge in [0.2, 0.25) is 16.4 Å². The summed E-state index contributed by atoms with van der Waals surface area (Å²) >= 11 is 17.9. The number of nitrogens with zero attached hydrogens (tertiary/aromatic N) is 2. The van der Waals surface area contributed by atoms with E-state index in [-0.39, 0.29) is 26.5 Å². The number of hydrogen-bond acceptors (Lipinski definition) is 5. The molecule has 0 heterocycles. The molecule has 0 saturated heterocycles. The number of carbonyl (C=O) groups excluding carboxylic acids is 1. The van der Waals surface area contributed by atoms with Gasteiger partial charge in [-0.1, -0.05) is 59.1 Å². The number of hydrogen-bond donors (Lipinski definition) is 1. The Morgan fingerprint density at radius 3 is 2.20 bits per heavy atom. The summed E-state index contributed by atoms with van der Waals surface area (Å²) in [5, 5.41) is 1.42. The Bertz CT molecular complexity index is 1090. The van der Waals surface area contributed by atoms with Gasteiger partial charge < -0.3 is 4.90 Å². The second kappa shape index (κ2) is 13.2. The summed E-state index contributed by atoms with van der Waals surface area (Å²) in [7, 11) is -1.86. The van der Waals surface area contributed by atoms with Crippen LogP contribution in [0.1, 0.15) is 38.3 Å². The van der Waals surface area contributed by atoms with Gasteiger partial charge in [-0.3, -0.25) is 9.63 Å². The molecule has 11 heteroatoms. The molecule has 35 heavy (non-hydrogen) atoms. The van der Waals surface area contributed by atoms with Crippen LogP contribution in [0.4, 0.5) is 0 Å². The van der Waals surface area contributed by atoms with Crippen LogP contribution >= 0.6 is 34.8 Å². The van der Waals surface area contributed by atoms with Gasteiger partial charge in [-0.25, -0.2) is 18.2 Å². The molecule has 2 aromatic carbocycles. The molecule has 0 saturated carbocycles. The lowest BCUT2D eigenvalue weighted by molar-refractivity contribution is -0.220. The summed E-state index contributed by atoms with van der Waals surface area (Å²) < 4.78 is 27.6. The predicted molar refractivity (Wildman–Crippen MR) is 141 cm³/mol. The van der Waals surface area contributed by atoms with Gasteiger partial charge in [-0.05, 0) is 70.5 Å². The second-order valence-corrected chi connectivity index (χ2v) is 12.1. The van der Waals surface area contributed by atoms with Crippen LogP contribution in [0.3, 0.4) is 0 Å². The zero-order chi connectivity index (χ0) is 26.2. The summed E-state index contributed by atoms with van der Waals surface area (Å²) in [4.78, 5) is 18.8. The number of carbonyl (C=O) groups is 1. The van der Waals surface area contributed by atoms with Crippen LogP contribution < -0.4 is 4.72 Å². The Labute approximate surface area is 223 Å². The summed E-state index contributed by atoms with van der Waals surface area (Å²) in [6.07, 6.45) is 2.48. The third kappa shape index (κ3) is 9.88. The largest absolute Gasteiger partial charge is 0.305 e. The summed E-state index contributed by atoms with van der Waals surface area (Å²) in [6, 6.07) is 10.8. The summed E-state index contributed by atoms with van der Waals surface area (Å²) in [5.74, 6) is 0. The van der Waals surface area contributed by atoms with E-state index in [4.69, 9.17) is 39.6 Å². The van der Waals surface area contributed by atoms with Crippen LogP contribution in [0.5, 0.6) is 0 Å². The number of sulfonamides is 1. The Kier molecular flexibility index (Phi) is 11.3. The molecule has 0 aromatic heterocycles. The minimum absolute atomic E-state index is 0.0145. The van der Waals surface area contributed by atoms with E-state index in [1.165, 1.54) is 22.8 Å². The summed E-state index contributed by atoms with van der Waals surface area (Å²) in [6.45, 7) is 7.63. The van der Waals surface area contributed by atoms with Crippen LogP contribution in [0.25, 0.3) is 0 Å². The van der Waals surface area contributed by atoms with E-state index in [1.54, 1.807) is 0 Å². The Balaban J connectivity index is 1.76. The quantitative estimate of drug-likeness (QED) is 0.206. The first-order valence-electron chi connectivity index (χ1n) is 11.1. The predicted octanol–water partition coefficient (Wildman–Crippen LogP) is 5.18. The molecule has 2 aromatic rings. The van der Waals surface area contributed by atoms with E-state index < -0.39 is 15.6 Å². The van der Waals surface area contributed by atoms with E-state index in [0.29, 0.717) is 19.5 Å². The fourth-order valence-corrected chi connectivity index (χ4v) is 5.26. The molecule has 0 bridgehead atoms. The number of nitrogens with one attached hydrogen (secondary N) is 1. The van der Waals surface area contributed by atoms with Crippen LogP contribution in [-0.4, -0.2) is 57.1 Å². The average molecular weight is 565 g/mol. The highest BCUT2D eigenvalue weighted by atomic mass is 35.5.